The Morgan fingerprint density at radius 1 is 1.15 bits per heavy atom. The average Bonchev–Trinajstić information content (AvgIpc) is 2.76. The van der Waals surface area contributed by atoms with Crippen molar-refractivity contribution in [2.24, 2.45) is 0 Å². The Balaban J connectivity index is 1.92. The summed E-state index contributed by atoms with van der Waals surface area (Å²) < 4.78 is 4.87. The van der Waals surface area contributed by atoms with Crippen LogP contribution in [-0.2, 0) is 16.0 Å². The van der Waals surface area contributed by atoms with Gasteiger partial charge in [-0.2, -0.15) is 4.98 Å². The van der Waals surface area contributed by atoms with Crippen LogP contribution in [0.2, 0.25) is 0 Å². The van der Waals surface area contributed by atoms with Crippen LogP contribution in [0, 0.1) is 6.92 Å². The topological polar surface area (TPSA) is 97.1 Å². The fraction of sp³-hybridized carbons (Fsp3) is 0.231. The first-order valence-corrected chi connectivity index (χ1v) is 5.99. The maximum atomic E-state index is 11.7. The second-order valence-electron chi connectivity index (χ2n) is 4.22. The molecule has 0 aliphatic heterocycles. The van der Waals surface area contributed by atoms with Crippen molar-refractivity contribution < 1.29 is 14.1 Å². The summed E-state index contributed by atoms with van der Waals surface area (Å²) >= 11 is 0. The van der Waals surface area contributed by atoms with Gasteiger partial charge in [-0.3, -0.25) is 9.59 Å². The van der Waals surface area contributed by atoms with Gasteiger partial charge < -0.3 is 15.2 Å². The number of rotatable bonds is 4. The van der Waals surface area contributed by atoms with Crippen molar-refractivity contribution in [2.45, 2.75) is 20.3 Å². The van der Waals surface area contributed by atoms with Crippen molar-refractivity contribution in [3.63, 3.8) is 0 Å². The van der Waals surface area contributed by atoms with Gasteiger partial charge in [0.1, 0.15) is 6.42 Å². The van der Waals surface area contributed by atoms with Crippen LogP contribution in [0.1, 0.15) is 18.6 Å². The van der Waals surface area contributed by atoms with E-state index in [1.165, 1.54) is 6.92 Å². The van der Waals surface area contributed by atoms with Gasteiger partial charge in [-0.05, 0) is 31.2 Å². The van der Waals surface area contributed by atoms with Gasteiger partial charge in [-0.1, -0.05) is 5.16 Å². The Bertz CT molecular complexity index is 619. The normalized spacial score (nSPS) is 10.1. The minimum Gasteiger partial charge on any atom is -0.339 e. The quantitative estimate of drug-likeness (QED) is 0.881. The number of aryl methyl sites for hydroxylation is 1. The lowest BCUT2D eigenvalue weighted by Crippen LogP contribution is -2.14. The van der Waals surface area contributed by atoms with E-state index in [9.17, 15) is 9.59 Å². The van der Waals surface area contributed by atoms with Gasteiger partial charge in [-0.25, -0.2) is 0 Å². The maximum absolute atomic E-state index is 11.7. The Kier molecular flexibility index (Phi) is 4.09. The second-order valence-corrected chi connectivity index (χ2v) is 4.22. The molecular weight excluding hydrogens is 260 g/mol. The molecule has 0 fully saturated rings. The molecule has 2 N–H and O–H groups in total. The number of hydrogen-bond donors (Lipinski definition) is 2. The molecule has 0 radical (unpaired) electrons. The fourth-order valence-corrected chi connectivity index (χ4v) is 1.59. The third-order valence-electron chi connectivity index (χ3n) is 2.37. The smallest absolute Gasteiger partial charge is 0.236 e. The van der Waals surface area contributed by atoms with Gasteiger partial charge in [0.05, 0.1) is 0 Å². The van der Waals surface area contributed by atoms with Crippen molar-refractivity contribution >= 4 is 23.2 Å². The fourth-order valence-electron chi connectivity index (χ4n) is 1.59. The summed E-state index contributed by atoms with van der Waals surface area (Å²) in [6, 6.07) is 6.80. The van der Waals surface area contributed by atoms with Gasteiger partial charge in [0.15, 0.2) is 5.82 Å². The first-order valence-electron chi connectivity index (χ1n) is 5.99. The van der Waals surface area contributed by atoms with E-state index in [1.807, 2.05) is 0 Å². The highest BCUT2D eigenvalue weighted by Crippen LogP contribution is 2.13. The molecular formula is C13H14N4O3. The predicted molar refractivity (Wildman–Crippen MR) is 72.1 cm³/mol. The zero-order valence-corrected chi connectivity index (χ0v) is 11.1. The standard InChI is InChI=1S/C13H14N4O3/c1-8-14-13(20-17-8)7-12(19)16-11-5-3-10(4-6-11)15-9(2)18/h3-6H,7H2,1-2H3,(H,15,18)(H,16,19). The monoisotopic (exact) mass is 274 g/mol. The van der Waals surface area contributed by atoms with E-state index in [4.69, 9.17) is 4.52 Å². The van der Waals surface area contributed by atoms with Crippen LogP contribution in [0.25, 0.3) is 0 Å². The van der Waals surface area contributed by atoms with Crippen LogP contribution in [-0.4, -0.2) is 22.0 Å². The van der Waals surface area contributed by atoms with Crippen LogP contribution < -0.4 is 10.6 Å². The molecule has 1 aromatic heterocycles. The zero-order valence-electron chi connectivity index (χ0n) is 11.1. The van der Waals surface area contributed by atoms with Crippen molar-refractivity contribution in [1.29, 1.82) is 0 Å². The van der Waals surface area contributed by atoms with Crippen LogP contribution in [0.4, 0.5) is 11.4 Å². The number of aromatic nitrogens is 2. The van der Waals surface area contributed by atoms with E-state index < -0.39 is 0 Å². The highest BCUT2D eigenvalue weighted by molar-refractivity contribution is 5.92. The van der Waals surface area contributed by atoms with Crippen molar-refractivity contribution in [2.75, 3.05) is 10.6 Å². The molecule has 0 aliphatic carbocycles. The number of anilines is 2. The average molecular weight is 274 g/mol. The molecule has 2 aromatic rings. The number of carbonyl (C=O) groups is 2. The van der Waals surface area contributed by atoms with Crippen molar-refractivity contribution in [3.05, 3.63) is 36.0 Å². The molecule has 0 atom stereocenters. The Labute approximate surface area is 115 Å². The number of hydrogen-bond acceptors (Lipinski definition) is 5. The molecule has 0 saturated heterocycles. The lowest BCUT2D eigenvalue weighted by molar-refractivity contribution is -0.116. The molecule has 0 aliphatic rings. The third kappa shape index (κ3) is 3.91. The van der Waals surface area contributed by atoms with E-state index in [0.29, 0.717) is 17.2 Å². The summed E-state index contributed by atoms with van der Waals surface area (Å²) in [5.41, 5.74) is 1.29. The Morgan fingerprint density at radius 2 is 1.75 bits per heavy atom. The summed E-state index contributed by atoms with van der Waals surface area (Å²) in [6.07, 6.45) is 0.0221. The largest absolute Gasteiger partial charge is 0.339 e. The van der Waals surface area contributed by atoms with Gasteiger partial charge >= 0.3 is 0 Å². The number of nitrogens with one attached hydrogen (secondary N) is 2. The SMILES string of the molecule is CC(=O)Nc1ccc(NC(=O)Cc2nc(C)no2)cc1. The summed E-state index contributed by atoms with van der Waals surface area (Å²) in [7, 11) is 0. The van der Waals surface area contributed by atoms with Crippen molar-refractivity contribution in [1.82, 2.24) is 10.1 Å². The van der Waals surface area contributed by atoms with Crippen LogP contribution in [0.5, 0.6) is 0 Å². The molecule has 0 bridgehead atoms. The van der Waals surface area contributed by atoms with E-state index >= 15 is 0 Å². The predicted octanol–water partition coefficient (Wildman–Crippen LogP) is 1.52. The first kappa shape index (κ1) is 13.7. The number of benzene rings is 1. The number of amides is 2. The van der Waals surface area contributed by atoms with Crippen LogP contribution in [0.3, 0.4) is 0 Å². The minimum atomic E-state index is -0.249. The van der Waals surface area contributed by atoms with Gasteiger partial charge in [-0.15, -0.1) is 0 Å². The lowest BCUT2D eigenvalue weighted by atomic mass is 10.2. The molecule has 104 valence electrons. The highest BCUT2D eigenvalue weighted by Gasteiger charge is 2.09. The summed E-state index contributed by atoms with van der Waals surface area (Å²) in [4.78, 5) is 26.6. The molecule has 1 aromatic carbocycles. The lowest BCUT2D eigenvalue weighted by Gasteiger charge is -2.05. The Morgan fingerprint density at radius 3 is 2.25 bits per heavy atom. The van der Waals surface area contributed by atoms with Crippen LogP contribution in [0.15, 0.2) is 28.8 Å². The molecule has 7 nitrogen and oxygen atoms in total. The highest BCUT2D eigenvalue weighted by atomic mass is 16.5. The molecule has 2 rings (SSSR count). The van der Waals surface area contributed by atoms with Crippen molar-refractivity contribution in [3.8, 4) is 0 Å². The van der Waals surface area contributed by atoms with E-state index in [2.05, 4.69) is 20.8 Å². The molecule has 7 heteroatoms. The van der Waals surface area contributed by atoms with E-state index in [1.54, 1.807) is 31.2 Å². The zero-order chi connectivity index (χ0) is 14.5. The molecule has 1 heterocycles. The number of nitrogens with zero attached hydrogens (tertiary/aromatic N) is 2. The molecule has 20 heavy (non-hydrogen) atoms. The molecule has 0 spiro atoms. The minimum absolute atomic E-state index is 0.0221. The van der Waals surface area contributed by atoms with E-state index in [-0.39, 0.29) is 24.1 Å². The Hall–Kier alpha value is -2.70. The maximum Gasteiger partial charge on any atom is 0.236 e. The van der Waals surface area contributed by atoms with E-state index in [0.717, 1.165) is 0 Å². The van der Waals surface area contributed by atoms with Crippen LogP contribution >= 0.6 is 0 Å². The van der Waals surface area contributed by atoms with Gasteiger partial charge in [0, 0.05) is 18.3 Å². The molecule has 0 saturated carbocycles. The molecule has 0 unspecified atom stereocenters. The van der Waals surface area contributed by atoms with Gasteiger partial charge in [0.2, 0.25) is 17.7 Å². The third-order valence-corrected chi connectivity index (χ3v) is 2.37. The summed E-state index contributed by atoms with van der Waals surface area (Å²) in [6.45, 7) is 3.12. The summed E-state index contributed by atoms with van der Waals surface area (Å²) in [5, 5.41) is 8.95. The van der Waals surface area contributed by atoms with Gasteiger partial charge in [0.25, 0.3) is 0 Å². The molecule has 2 amide bonds. The first-order chi connectivity index (χ1) is 9.52. The number of carbonyl (C=O) groups excluding carboxylic acids is 2. The summed E-state index contributed by atoms with van der Waals surface area (Å²) in [5.74, 6) is 0.372. The second kappa shape index (κ2) is 5.96.